The Morgan fingerprint density at radius 3 is 0.837 bits per heavy atom. The molecule has 0 spiro atoms. The molecule has 0 aromatic rings. The van der Waals surface area contributed by atoms with Crippen LogP contribution in [0.25, 0.3) is 0 Å². The quantitative estimate of drug-likeness (QED) is 0.243. The number of hydrogen-bond acceptors (Lipinski definition) is 6. The van der Waals surface area contributed by atoms with Crippen LogP contribution in [0, 0.1) is 10.8 Å². The first-order chi connectivity index (χ1) is 17.4. The lowest BCUT2D eigenvalue weighted by atomic mass is 9.67. The molecule has 0 radical (unpaired) electrons. The van der Waals surface area contributed by atoms with Gasteiger partial charge in [-0.2, -0.15) is 0 Å². The highest BCUT2D eigenvalue weighted by atomic mass is 19.3. The van der Waals surface area contributed by atoms with E-state index < -0.39 is 121 Å². The molecule has 0 unspecified atom stereocenters. The van der Waals surface area contributed by atoms with Gasteiger partial charge in [-0.3, -0.25) is 19.2 Å². The molecule has 256 valence electrons. The van der Waals surface area contributed by atoms with E-state index in [0.717, 1.165) is 0 Å². The molecule has 10 nitrogen and oxygen atoms in total. The van der Waals surface area contributed by atoms with E-state index in [0.29, 0.717) is 0 Å². The van der Waals surface area contributed by atoms with E-state index in [1.165, 1.54) is 13.8 Å². The number of halogens is 8. The van der Waals surface area contributed by atoms with E-state index in [9.17, 15) is 54.3 Å². The molecular weight excluding hydrogens is 604 g/mol. The molecule has 0 aromatic heterocycles. The number of carboxylic acid groups (broad SMARTS) is 2. The first-order valence-electron chi connectivity index (χ1n) is 11.6. The Labute approximate surface area is 244 Å². The zero-order valence-electron chi connectivity index (χ0n) is 21.5. The van der Waals surface area contributed by atoms with E-state index in [1.807, 2.05) is 0 Å². The first-order valence-corrected chi connectivity index (χ1v) is 11.6. The fourth-order valence-electron chi connectivity index (χ4n) is 4.57. The maximum absolute atomic E-state index is 12.2. The van der Waals surface area contributed by atoms with E-state index in [-0.39, 0.29) is 22.3 Å². The van der Waals surface area contributed by atoms with E-state index in [2.05, 4.69) is 0 Å². The second kappa shape index (κ2) is 13.5. The number of amides is 2. The minimum atomic E-state index is -2.87. The summed E-state index contributed by atoms with van der Waals surface area (Å²) in [5.41, 5.74) is 14.6. The monoisotopic (exact) mass is 648 g/mol. The lowest BCUT2D eigenvalue weighted by Gasteiger charge is -2.42. The van der Waals surface area contributed by atoms with Gasteiger partial charge in [0.05, 0.1) is 10.8 Å². The van der Waals surface area contributed by atoms with Crippen molar-refractivity contribution in [2.75, 3.05) is 0 Å². The van der Waals surface area contributed by atoms with E-state index in [4.69, 9.17) is 33.1 Å². The summed E-state index contributed by atoms with van der Waals surface area (Å²) in [6.07, 6.45) is -4.54. The molecule has 10 N–H and O–H groups in total. The average Bonchev–Trinajstić information content (AvgIpc) is 2.62. The SMILES string of the molecule is C.C.C.CC1(C(=O)O)CC(F)(F)C1.CC1(C(N)=O)CC(F)(F)C1.NC(=O)C1(N)CC(F)(F)C1.NC1(C(=O)O)CC(F)(F)C1. The second-order valence-electron chi connectivity index (χ2n) is 11.6. The van der Waals surface area contributed by atoms with Gasteiger partial charge in [-0.25, -0.2) is 35.1 Å². The Morgan fingerprint density at radius 2 is 0.744 bits per heavy atom. The van der Waals surface area contributed by atoms with Crippen molar-refractivity contribution in [3.05, 3.63) is 0 Å². The fraction of sp³-hybridized carbons (Fsp3) is 0.840. The van der Waals surface area contributed by atoms with Crippen molar-refractivity contribution >= 4 is 23.8 Å². The van der Waals surface area contributed by atoms with Gasteiger partial charge in [0.2, 0.25) is 23.7 Å². The van der Waals surface area contributed by atoms with Crippen molar-refractivity contribution in [2.24, 2.45) is 33.8 Å². The lowest BCUT2D eigenvalue weighted by Crippen LogP contribution is -2.65. The summed E-state index contributed by atoms with van der Waals surface area (Å²) in [7, 11) is 0. The average molecular weight is 649 g/mol. The summed E-state index contributed by atoms with van der Waals surface area (Å²) in [5.74, 6) is -15.0. The number of hydrogen-bond donors (Lipinski definition) is 6. The third kappa shape index (κ3) is 11.4. The van der Waals surface area contributed by atoms with Gasteiger partial charge in [0.25, 0.3) is 11.8 Å². The molecule has 18 heteroatoms. The lowest BCUT2D eigenvalue weighted by molar-refractivity contribution is -0.189. The molecule has 0 aromatic carbocycles. The standard InChI is InChI=1S/C6H9F2NO.C6H8F2O2.C5H8F2N2O.C5H7F2NO2.3CH4/c2*1-5(4(9)10)2-6(7,8)3-5;6-5(7)1-4(9,2-5)3(8)10;6-5(7)1-4(8,2-5)3(9)10;;;/h2-3H2,1H3,(H2,9,10);2-3H2,1H3,(H,9,10);1-2,9H2,(H2,8,10);1-2,8H2,(H,9,10);3*1H4. The van der Waals surface area contributed by atoms with E-state index >= 15 is 0 Å². The van der Waals surface area contributed by atoms with Crippen molar-refractivity contribution in [2.45, 2.75) is 122 Å². The molecule has 4 saturated carbocycles. The normalized spacial score (nSPS) is 25.2. The van der Waals surface area contributed by atoms with Crippen molar-refractivity contribution in [3.63, 3.8) is 0 Å². The highest BCUT2D eigenvalue weighted by Gasteiger charge is 2.60. The maximum atomic E-state index is 12.2. The molecule has 0 heterocycles. The number of nitrogens with two attached hydrogens (primary N) is 4. The number of rotatable bonds is 4. The third-order valence-corrected chi connectivity index (χ3v) is 6.92. The van der Waals surface area contributed by atoms with Crippen LogP contribution in [0.5, 0.6) is 0 Å². The van der Waals surface area contributed by atoms with Crippen LogP contribution < -0.4 is 22.9 Å². The van der Waals surface area contributed by atoms with Crippen molar-refractivity contribution < 1.29 is 64.5 Å². The molecule has 4 fully saturated rings. The summed E-state index contributed by atoms with van der Waals surface area (Å²) >= 11 is 0. The van der Waals surface area contributed by atoms with Crippen LogP contribution in [0.15, 0.2) is 0 Å². The molecule has 0 aliphatic heterocycles. The van der Waals surface area contributed by atoms with Crippen LogP contribution in [-0.2, 0) is 19.2 Å². The van der Waals surface area contributed by atoms with Crippen molar-refractivity contribution in [3.8, 4) is 0 Å². The van der Waals surface area contributed by atoms with Crippen LogP contribution in [0.1, 0.15) is 87.5 Å². The molecule has 4 rings (SSSR count). The van der Waals surface area contributed by atoms with Gasteiger partial charge < -0.3 is 33.1 Å². The Hall–Kier alpha value is -2.76. The predicted molar refractivity (Wildman–Crippen MR) is 141 cm³/mol. The van der Waals surface area contributed by atoms with Gasteiger partial charge in [0.15, 0.2) is 0 Å². The van der Waals surface area contributed by atoms with Gasteiger partial charge in [-0.05, 0) is 6.92 Å². The van der Waals surface area contributed by atoms with Crippen molar-refractivity contribution in [1.82, 2.24) is 0 Å². The fourth-order valence-corrected chi connectivity index (χ4v) is 4.57. The zero-order valence-corrected chi connectivity index (χ0v) is 21.5. The molecule has 0 saturated heterocycles. The van der Waals surface area contributed by atoms with Crippen molar-refractivity contribution in [1.29, 1.82) is 0 Å². The van der Waals surface area contributed by atoms with Crippen LogP contribution in [0.2, 0.25) is 0 Å². The van der Waals surface area contributed by atoms with Gasteiger partial charge in [-0.1, -0.05) is 29.2 Å². The van der Waals surface area contributed by atoms with Crippen LogP contribution >= 0.6 is 0 Å². The predicted octanol–water partition coefficient (Wildman–Crippen LogP) is 4.12. The van der Waals surface area contributed by atoms with Crippen LogP contribution in [0.3, 0.4) is 0 Å². The smallest absolute Gasteiger partial charge is 0.324 e. The van der Waals surface area contributed by atoms with Gasteiger partial charge in [0, 0.05) is 51.4 Å². The number of aliphatic carboxylic acids is 2. The molecular formula is C25H44F8N4O6. The van der Waals surface area contributed by atoms with Crippen LogP contribution in [0.4, 0.5) is 35.1 Å². The number of carboxylic acids is 2. The number of carbonyl (C=O) groups excluding carboxylic acids is 2. The highest BCUT2D eigenvalue weighted by Crippen LogP contribution is 2.52. The minimum absolute atomic E-state index is 0. The summed E-state index contributed by atoms with van der Waals surface area (Å²) in [5, 5.41) is 16.7. The molecule has 0 bridgehead atoms. The van der Waals surface area contributed by atoms with Crippen LogP contribution in [-0.4, -0.2) is 68.7 Å². The second-order valence-corrected chi connectivity index (χ2v) is 11.6. The zero-order chi connectivity index (χ0) is 32.0. The highest BCUT2D eigenvalue weighted by molar-refractivity contribution is 5.86. The van der Waals surface area contributed by atoms with Gasteiger partial charge >= 0.3 is 11.9 Å². The Morgan fingerprint density at radius 1 is 0.488 bits per heavy atom. The third-order valence-electron chi connectivity index (χ3n) is 6.92. The molecule has 0 atom stereocenters. The number of primary amides is 2. The van der Waals surface area contributed by atoms with Gasteiger partial charge in [0.1, 0.15) is 11.1 Å². The van der Waals surface area contributed by atoms with E-state index in [1.54, 1.807) is 0 Å². The Bertz CT molecular complexity index is 849. The molecule has 4 aliphatic rings. The largest absolute Gasteiger partial charge is 0.481 e. The summed E-state index contributed by atoms with van der Waals surface area (Å²) < 4.78 is 96.9. The van der Waals surface area contributed by atoms with Gasteiger partial charge in [-0.15, -0.1) is 0 Å². The maximum Gasteiger partial charge on any atom is 0.324 e. The molecule has 43 heavy (non-hydrogen) atoms. The Balaban J connectivity index is -0.000000485. The first kappa shape index (κ1) is 44.7. The summed E-state index contributed by atoms with van der Waals surface area (Å²) in [4.78, 5) is 41.2. The minimum Gasteiger partial charge on any atom is -0.481 e. The number of alkyl halides is 8. The Kier molecular flexibility index (Phi) is 14.0. The summed E-state index contributed by atoms with van der Waals surface area (Å²) in [6.45, 7) is 2.81. The molecule has 4 aliphatic carbocycles. The number of carbonyl (C=O) groups is 4. The molecule has 2 amide bonds. The summed E-state index contributed by atoms with van der Waals surface area (Å²) in [6, 6.07) is 0. The topological polar surface area (TPSA) is 213 Å².